The predicted molar refractivity (Wildman–Crippen MR) is 100 cm³/mol. The summed E-state index contributed by atoms with van der Waals surface area (Å²) >= 11 is 6.74. The average molecular weight is 405 g/mol. The Morgan fingerprint density at radius 3 is 2.91 bits per heavy atom. The van der Waals surface area contributed by atoms with Gasteiger partial charge in [-0.25, -0.2) is 0 Å². The van der Waals surface area contributed by atoms with Crippen LogP contribution in [0.3, 0.4) is 0 Å². The third kappa shape index (κ3) is 4.43. The number of carbonyl (C=O) groups is 1. The number of rotatable bonds is 5. The number of benzene rings is 1. The molecule has 0 spiro atoms. The fourth-order valence-electron chi connectivity index (χ4n) is 1.96. The number of nitrogens with one attached hydrogen (secondary N) is 1. The van der Waals surface area contributed by atoms with Crippen LogP contribution in [0.5, 0.6) is 0 Å². The molecule has 1 amide bonds. The van der Waals surface area contributed by atoms with Crippen molar-refractivity contribution in [2.24, 2.45) is 0 Å². The van der Waals surface area contributed by atoms with Gasteiger partial charge >= 0.3 is 0 Å². The molecule has 0 aliphatic carbocycles. The zero-order valence-electron chi connectivity index (χ0n) is 12.0. The van der Waals surface area contributed by atoms with Crippen molar-refractivity contribution in [3.8, 4) is 0 Å². The van der Waals surface area contributed by atoms with E-state index in [2.05, 4.69) is 43.1 Å². The molecule has 0 aliphatic heterocycles. The van der Waals surface area contributed by atoms with Gasteiger partial charge in [0, 0.05) is 27.5 Å². The second-order valence-corrected chi connectivity index (χ2v) is 7.48. The molecule has 3 rings (SSSR count). The quantitative estimate of drug-likeness (QED) is 0.574. The highest BCUT2D eigenvalue weighted by Gasteiger charge is 2.10. The van der Waals surface area contributed by atoms with Gasteiger partial charge < -0.3 is 5.32 Å². The van der Waals surface area contributed by atoms with E-state index in [1.807, 2.05) is 24.3 Å². The Kier molecular flexibility index (Phi) is 5.48. The lowest BCUT2D eigenvalue weighted by atomic mass is 10.2. The molecule has 0 fully saturated rings. The van der Waals surface area contributed by atoms with Crippen LogP contribution in [0.1, 0.15) is 15.9 Å². The minimum atomic E-state index is -0.164. The maximum atomic E-state index is 12.4. The van der Waals surface area contributed by atoms with Crippen LogP contribution >= 0.6 is 39.0 Å². The topological polar surface area (TPSA) is 42.0 Å². The van der Waals surface area contributed by atoms with E-state index in [1.54, 1.807) is 41.6 Å². The van der Waals surface area contributed by atoms with Crippen molar-refractivity contribution >= 4 is 50.6 Å². The summed E-state index contributed by atoms with van der Waals surface area (Å²) in [5.41, 5.74) is 2.63. The number of thioether (sulfide) groups is 1. The fraction of sp³-hybridized carbons (Fsp3) is 0.0588. The number of halogens is 1. The Bertz CT molecular complexity index is 806. The van der Waals surface area contributed by atoms with Crippen molar-refractivity contribution in [3.63, 3.8) is 0 Å². The van der Waals surface area contributed by atoms with Gasteiger partial charge in [0.05, 0.1) is 11.3 Å². The Morgan fingerprint density at radius 2 is 2.13 bits per heavy atom. The minimum absolute atomic E-state index is 0.164. The summed E-state index contributed by atoms with van der Waals surface area (Å²) in [7, 11) is 0. The summed E-state index contributed by atoms with van der Waals surface area (Å²) in [6, 6.07) is 11.7. The smallest absolute Gasteiger partial charge is 0.257 e. The van der Waals surface area contributed by atoms with Crippen molar-refractivity contribution < 1.29 is 4.79 Å². The lowest BCUT2D eigenvalue weighted by Gasteiger charge is -2.10. The van der Waals surface area contributed by atoms with Gasteiger partial charge in [-0.05, 0) is 56.5 Å². The van der Waals surface area contributed by atoms with Gasteiger partial charge in [0.15, 0.2) is 0 Å². The number of carbonyl (C=O) groups excluding carboxylic acids is 1. The van der Waals surface area contributed by atoms with E-state index in [0.717, 1.165) is 20.8 Å². The first-order valence-electron chi connectivity index (χ1n) is 6.87. The number of hydrogen-bond donors (Lipinski definition) is 1. The molecular formula is C17H13BrN2OS2. The first-order chi connectivity index (χ1) is 11.2. The summed E-state index contributed by atoms with van der Waals surface area (Å²) < 4.78 is 0.783. The summed E-state index contributed by atoms with van der Waals surface area (Å²) in [6.07, 6.45) is 3.21. The lowest BCUT2D eigenvalue weighted by Crippen LogP contribution is -2.12. The average Bonchev–Trinajstić information content (AvgIpc) is 3.07. The van der Waals surface area contributed by atoms with Crippen molar-refractivity contribution in [2.75, 3.05) is 5.32 Å². The number of aromatic nitrogens is 1. The number of anilines is 1. The van der Waals surface area contributed by atoms with Crippen LogP contribution in [0.25, 0.3) is 0 Å². The van der Waals surface area contributed by atoms with Crippen LogP contribution < -0.4 is 5.32 Å². The summed E-state index contributed by atoms with van der Waals surface area (Å²) in [5.74, 6) is 0.719. The van der Waals surface area contributed by atoms with Gasteiger partial charge in [-0.1, -0.05) is 12.1 Å². The molecule has 0 saturated carbocycles. The zero-order valence-corrected chi connectivity index (χ0v) is 15.2. The molecule has 1 aromatic carbocycles. The van der Waals surface area contributed by atoms with E-state index in [9.17, 15) is 4.79 Å². The number of pyridine rings is 1. The monoisotopic (exact) mass is 404 g/mol. The first kappa shape index (κ1) is 16.2. The Balaban J connectivity index is 1.73. The fourth-order valence-corrected chi connectivity index (χ4v) is 4.05. The van der Waals surface area contributed by atoms with Crippen LogP contribution in [0.4, 0.5) is 5.69 Å². The molecule has 0 saturated heterocycles. The van der Waals surface area contributed by atoms with E-state index in [1.165, 1.54) is 5.56 Å². The molecule has 0 unspecified atom stereocenters. The Morgan fingerprint density at radius 1 is 1.26 bits per heavy atom. The summed E-state index contributed by atoms with van der Waals surface area (Å²) in [5, 5.41) is 7.18. The van der Waals surface area contributed by atoms with E-state index in [0.29, 0.717) is 5.56 Å². The van der Waals surface area contributed by atoms with Crippen LogP contribution in [0.2, 0.25) is 0 Å². The number of amides is 1. The second-order valence-electron chi connectivity index (χ2n) is 4.76. The number of nitrogens with zero attached hydrogens (tertiary/aromatic N) is 1. The van der Waals surface area contributed by atoms with Crippen LogP contribution in [-0.2, 0) is 5.75 Å². The molecule has 2 aromatic heterocycles. The Labute approximate surface area is 151 Å². The van der Waals surface area contributed by atoms with Crippen molar-refractivity contribution in [2.45, 2.75) is 10.6 Å². The summed E-state index contributed by atoms with van der Waals surface area (Å²) in [4.78, 5) is 17.5. The third-order valence-electron chi connectivity index (χ3n) is 3.08. The second kappa shape index (κ2) is 7.77. The SMILES string of the molecule is O=C(Nc1ccccc1SCc1ccsc1)c1cncc(Br)c1. The molecule has 0 aliphatic rings. The van der Waals surface area contributed by atoms with E-state index < -0.39 is 0 Å². The molecule has 6 heteroatoms. The number of para-hydroxylation sites is 1. The highest BCUT2D eigenvalue weighted by molar-refractivity contribution is 9.10. The number of thiophene rings is 1. The first-order valence-corrected chi connectivity index (χ1v) is 9.59. The third-order valence-corrected chi connectivity index (χ3v) is 5.39. The van der Waals surface area contributed by atoms with E-state index in [4.69, 9.17) is 0 Å². The van der Waals surface area contributed by atoms with Crippen LogP contribution in [0.15, 0.2) is 68.9 Å². The van der Waals surface area contributed by atoms with Gasteiger partial charge in [0.25, 0.3) is 5.91 Å². The zero-order chi connectivity index (χ0) is 16.1. The molecule has 3 nitrogen and oxygen atoms in total. The highest BCUT2D eigenvalue weighted by Crippen LogP contribution is 2.30. The summed E-state index contributed by atoms with van der Waals surface area (Å²) in [6.45, 7) is 0. The molecule has 23 heavy (non-hydrogen) atoms. The van der Waals surface area contributed by atoms with Gasteiger partial charge in [-0.2, -0.15) is 11.3 Å². The highest BCUT2D eigenvalue weighted by atomic mass is 79.9. The Hall–Kier alpha value is -1.63. The molecule has 0 radical (unpaired) electrons. The molecule has 3 aromatic rings. The molecule has 0 atom stereocenters. The molecular weight excluding hydrogens is 392 g/mol. The number of hydrogen-bond acceptors (Lipinski definition) is 4. The van der Waals surface area contributed by atoms with Gasteiger partial charge in [-0.15, -0.1) is 11.8 Å². The van der Waals surface area contributed by atoms with Crippen LogP contribution in [-0.4, -0.2) is 10.9 Å². The molecule has 1 N–H and O–H groups in total. The van der Waals surface area contributed by atoms with Gasteiger partial charge in [0.2, 0.25) is 0 Å². The molecule has 0 bridgehead atoms. The van der Waals surface area contributed by atoms with Crippen molar-refractivity contribution in [1.82, 2.24) is 4.98 Å². The van der Waals surface area contributed by atoms with E-state index >= 15 is 0 Å². The van der Waals surface area contributed by atoms with E-state index in [-0.39, 0.29) is 5.91 Å². The minimum Gasteiger partial charge on any atom is -0.321 e. The normalized spacial score (nSPS) is 10.5. The molecule has 2 heterocycles. The van der Waals surface area contributed by atoms with Crippen molar-refractivity contribution in [3.05, 3.63) is 75.2 Å². The van der Waals surface area contributed by atoms with Crippen LogP contribution in [0, 0.1) is 0 Å². The van der Waals surface area contributed by atoms with Gasteiger partial charge in [-0.3, -0.25) is 9.78 Å². The lowest BCUT2D eigenvalue weighted by molar-refractivity contribution is 0.102. The molecule has 116 valence electrons. The largest absolute Gasteiger partial charge is 0.321 e. The predicted octanol–water partition coefficient (Wildman–Crippen LogP) is 5.45. The van der Waals surface area contributed by atoms with Gasteiger partial charge in [0.1, 0.15) is 0 Å². The maximum absolute atomic E-state index is 12.4. The standard InChI is InChI=1S/C17H13BrN2OS2/c18-14-7-13(8-19-9-14)17(21)20-15-3-1-2-4-16(15)23-11-12-5-6-22-10-12/h1-10H,11H2,(H,20,21). The maximum Gasteiger partial charge on any atom is 0.257 e. The van der Waals surface area contributed by atoms with Crippen molar-refractivity contribution in [1.29, 1.82) is 0 Å².